The third-order valence-corrected chi connectivity index (χ3v) is 3.22. The Balaban J connectivity index is 3.24. The number of hydrogen-bond acceptors (Lipinski definition) is 2. The average molecular weight is 222 g/mol. The molecule has 64 valence electrons. The zero-order valence-corrected chi connectivity index (χ0v) is 8.04. The van der Waals surface area contributed by atoms with Crippen molar-refractivity contribution in [2.45, 2.75) is 23.1 Å². The third-order valence-electron chi connectivity index (χ3n) is 1.13. The first kappa shape index (κ1) is 10.7. The number of carbonyl (C=O) groups is 1. The Morgan fingerprint density at radius 2 is 2.45 bits per heavy atom. The molecule has 3 N–H and O–H groups in total. The summed E-state index contributed by atoms with van der Waals surface area (Å²) in [5.41, 5.74) is 5.28. The quantitative estimate of drug-likeness (QED) is 0.391. The summed E-state index contributed by atoms with van der Waals surface area (Å²) in [6, 6.07) is -0.679. The average Bonchev–Trinajstić information content (AvgIpc) is 1.97. The predicted octanol–water partition coefficient (Wildman–Crippen LogP) is 0.515. The van der Waals surface area contributed by atoms with Crippen LogP contribution in [0, 0.1) is 0 Å². The number of hydrogen-bond donors (Lipinski definition) is 2. The van der Waals surface area contributed by atoms with Crippen molar-refractivity contribution >= 4 is 20.9 Å². The molecule has 1 atom stereocenters. The number of carboxylic acid groups (broad SMARTS) is 1. The van der Waals surface area contributed by atoms with Gasteiger partial charge in [0.05, 0.1) is 0 Å². The second kappa shape index (κ2) is 6.40. The van der Waals surface area contributed by atoms with E-state index in [2.05, 4.69) is 6.58 Å². The molecule has 4 heteroatoms. The van der Waals surface area contributed by atoms with Gasteiger partial charge in [-0.2, -0.15) is 0 Å². The minimum absolute atomic E-state index is 0.481. The number of allylic oxidation sites excluding steroid dienone is 1. The number of carboxylic acids is 1. The van der Waals surface area contributed by atoms with E-state index in [1.54, 1.807) is 0 Å². The number of nitrogens with two attached hydrogens (primary N) is 1. The van der Waals surface area contributed by atoms with Crippen LogP contribution in [-0.4, -0.2) is 32.1 Å². The van der Waals surface area contributed by atoms with Crippen LogP contribution in [-0.2, 0) is 4.79 Å². The van der Waals surface area contributed by atoms with E-state index in [0.717, 1.165) is 10.6 Å². The van der Waals surface area contributed by atoms with Crippen molar-refractivity contribution in [1.82, 2.24) is 0 Å². The summed E-state index contributed by atoms with van der Waals surface area (Å²) < 4.78 is 0. The zero-order chi connectivity index (χ0) is 8.69. The fourth-order valence-electron chi connectivity index (χ4n) is 0.500. The number of aliphatic carboxylic acids is 1. The van der Waals surface area contributed by atoms with E-state index >= 15 is 0 Å². The Hall–Kier alpha value is -0.311. The SMILES string of the molecule is C=CC[Se]CCC(N)C(=O)O. The molecule has 0 rings (SSSR count). The summed E-state index contributed by atoms with van der Waals surface area (Å²) in [4.78, 5) is 10.2. The Bertz CT molecular complexity index is 138. The van der Waals surface area contributed by atoms with Gasteiger partial charge < -0.3 is 0 Å². The van der Waals surface area contributed by atoms with Crippen LogP contribution in [0.25, 0.3) is 0 Å². The monoisotopic (exact) mass is 223 g/mol. The molecule has 0 aromatic rings. The molecule has 0 aromatic carbocycles. The van der Waals surface area contributed by atoms with Gasteiger partial charge in [0, 0.05) is 0 Å². The molecule has 0 bridgehead atoms. The second-order valence-electron chi connectivity index (χ2n) is 2.10. The van der Waals surface area contributed by atoms with Gasteiger partial charge in [-0.1, -0.05) is 0 Å². The van der Waals surface area contributed by atoms with Crippen LogP contribution < -0.4 is 5.73 Å². The van der Waals surface area contributed by atoms with Gasteiger partial charge in [-0.15, -0.1) is 0 Å². The van der Waals surface area contributed by atoms with Gasteiger partial charge >= 0.3 is 72.3 Å². The van der Waals surface area contributed by atoms with E-state index in [4.69, 9.17) is 10.8 Å². The van der Waals surface area contributed by atoms with Crippen molar-refractivity contribution in [3.63, 3.8) is 0 Å². The maximum absolute atomic E-state index is 10.2. The molecule has 0 saturated heterocycles. The van der Waals surface area contributed by atoms with Crippen molar-refractivity contribution in [2.24, 2.45) is 5.73 Å². The van der Waals surface area contributed by atoms with Crippen molar-refractivity contribution < 1.29 is 9.90 Å². The number of rotatable bonds is 6. The molecule has 0 amide bonds. The summed E-state index contributed by atoms with van der Waals surface area (Å²) in [6.07, 6.45) is 2.44. The van der Waals surface area contributed by atoms with Crippen LogP contribution in [0.5, 0.6) is 0 Å². The van der Waals surface area contributed by atoms with Gasteiger partial charge in [-0.3, -0.25) is 0 Å². The van der Waals surface area contributed by atoms with Gasteiger partial charge in [0.1, 0.15) is 0 Å². The fraction of sp³-hybridized carbons (Fsp3) is 0.571. The molecule has 0 aliphatic rings. The molecular weight excluding hydrogens is 209 g/mol. The van der Waals surface area contributed by atoms with Crippen molar-refractivity contribution in [3.8, 4) is 0 Å². The van der Waals surface area contributed by atoms with E-state index in [-0.39, 0.29) is 0 Å². The molecule has 0 saturated carbocycles. The Kier molecular flexibility index (Phi) is 6.22. The van der Waals surface area contributed by atoms with Crippen LogP contribution in [0.2, 0.25) is 10.6 Å². The second-order valence-corrected chi connectivity index (χ2v) is 4.51. The molecular formula is C7H13NO2Se. The van der Waals surface area contributed by atoms with Crippen LogP contribution in [0.3, 0.4) is 0 Å². The van der Waals surface area contributed by atoms with Crippen LogP contribution in [0.4, 0.5) is 0 Å². The van der Waals surface area contributed by atoms with E-state index in [1.807, 2.05) is 6.08 Å². The van der Waals surface area contributed by atoms with Gasteiger partial charge in [-0.25, -0.2) is 0 Å². The molecule has 0 radical (unpaired) electrons. The molecule has 11 heavy (non-hydrogen) atoms. The normalized spacial score (nSPS) is 12.5. The topological polar surface area (TPSA) is 63.3 Å². The molecule has 0 heterocycles. The van der Waals surface area contributed by atoms with Gasteiger partial charge in [-0.05, 0) is 0 Å². The summed E-state index contributed by atoms with van der Waals surface area (Å²) in [7, 11) is 0. The molecule has 0 aromatic heterocycles. The summed E-state index contributed by atoms with van der Waals surface area (Å²) in [5, 5.41) is 10.3. The molecule has 0 aliphatic heterocycles. The van der Waals surface area contributed by atoms with Gasteiger partial charge in [0.15, 0.2) is 0 Å². The summed E-state index contributed by atoms with van der Waals surface area (Å²) >= 11 is 0.481. The minimum atomic E-state index is -0.903. The van der Waals surface area contributed by atoms with Gasteiger partial charge in [0.25, 0.3) is 0 Å². The van der Waals surface area contributed by atoms with Crippen molar-refractivity contribution in [2.75, 3.05) is 0 Å². The molecule has 0 fully saturated rings. The summed E-state index contributed by atoms with van der Waals surface area (Å²) in [5.74, 6) is -0.903. The first-order valence-electron chi connectivity index (χ1n) is 3.35. The predicted molar refractivity (Wildman–Crippen MR) is 45.8 cm³/mol. The van der Waals surface area contributed by atoms with Crippen LogP contribution in [0.15, 0.2) is 12.7 Å². The van der Waals surface area contributed by atoms with Crippen LogP contribution in [0.1, 0.15) is 6.42 Å². The first-order chi connectivity index (χ1) is 5.18. The summed E-state index contributed by atoms with van der Waals surface area (Å²) in [6.45, 7) is 3.58. The molecule has 0 spiro atoms. The van der Waals surface area contributed by atoms with Crippen molar-refractivity contribution in [1.29, 1.82) is 0 Å². The Morgan fingerprint density at radius 1 is 1.82 bits per heavy atom. The zero-order valence-electron chi connectivity index (χ0n) is 6.32. The van der Waals surface area contributed by atoms with E-state index < -0.39 is 12.0 Å². The van der Waals surface area contributed by atoms with Gasteiger partial charge in [0.2, 0.25) is 0 Å². The standard InChI is InChI=1S/C7H13NO2Se/c1-2-4-11-5-3-6(8)7(9)10/h2,6H,1,3-5,8H2,(H,9,10). The Labute approximate surface area is 72.8 Å². The van der Waals surface area contributed by atoms with E-state index in [0.29, 0.717) is 21.4 Å². The maximum atomic E-state index is 10.2. The third kappa shape index (κ3) is 6.10. The Morgan fingerprint density at radius 3 is 2.91 bits per heavy atom. The molecule has 1 unspecified atom stereocenters. The van der Waals surface area contributed by atoms with E-state index in [9.17, 15) is 4.79 Å². The fourth-order valence-corrected chi connectivity index (χ4v) is 2.08. The molecule has 3 nitrogen and oxygen atoms in total. The molecule has 0 aliphatic carbocycles. The van der Waals surface area contributed by atoms with E-state index in [1.165, 1.54) is 0 Å². The van der Waals surface area contributed by atoms with Crippen LogP contribution >= 0.6 is 0 Å². The first-order valence-corrected chi connectivity index (χ1v) is 5.77. The van der Waals surface area contributed by atoms with Crippen molar-refractivity contribution in [3.05, 3.63) is 12.7 Å².